The minimum atomic E-state index is -4.71. The summed E-state index contributed by atoms with van der Waals surface area (Å²) in [5, 5.41) is 3.29. The van der Waals surface area contributed by atoms with E-state index in [9.17, 15) is 17.6 Å². The predicted molar refractivity (Wildman–Crippen MR) is 70.0 cm³/mol. The third-order valence-corrected chi connectivity index (χ3v) is 2.74. The summed E-state index contributed by atoms with van der Waals surface area (Å²) >= 11 is 0. The predicted octanol–water partition coefficient (Wildman–Crippen LogP) is 4.49. The van der Waals surface area contributed by atoms with Crippen molar-refractivity contribution in [3.8, 4) is 22.9 Å². The van der Waals surface area contributed by atoms with Crippen LogP contribution in [-0.2, 0) is 6.18 Å². The molecule has 0 aliphatic heterocycles. The van der Waals surface area contributed by atoms with Crippen LogP contribution < -0.4 is 4.74 Å². The summed E-state index contributed by atoms with van der Waals surface area (Å²) < 4.78 is 59.8. The van der Waals surface area contributed by atoms with Crippen molar-refractivity contribution in [3.05, 3.63) is 60.2 Å². The fraction of sp³-hybridized carbons (Fsp3) is 0.0667. The molecule has 2 aromatic carbocycles. The Morgan fingerprint density at radius 2 is 1.83 bits per heavy atom. The summed E-state index contributed by atoms with van der Waals surface area (Å²) in [4.78, 5) is 3.29. The van der Waals surface area contributed by atoms with Gasteiger partial charge in [-0.25, -0.2) is 4.39 Å². The summed E-state index contributed by atoms with van der Waals surface area (Å²) in [5.41, 5.74) is 0.264. The smallest absolute Gasteiger partial charge is 0.457 e. The average Bonchev–Trinajstić information content (AvgIpc) is 3.00. The number of nitrogens with zero attached hydrogens (tertiary/aromatic N) is 2. The standard InChI is InChI=1S/C15H7F4N2O2/c16-10-4-6-11(7-5-10)22-12-3-1-2-9(8-12)13-20-14(23-21-13)15(17,18)19/h1-2,4-8H. The van der Waals surface area contributed by atoms with Crippen molar-refractivity contribution in [3.63, 3.8) is 0 Å². The summed E-state index contributed by atoms with van der Waals surface area (Å²) in [5.74, 6) is -1.51. The van der Waals surface area contributed by atoms with Crippen LogP contribution in [0.1, 0.15) is 5.89 Å². The number of hydrogen-bond donors (Lipinski definition) is 0. The molecule has 0 spiro atoms. The number of aromatic nitrogens is 2. The van der Waals surface area contributed by atoms with Crippen LogP contribution in [0.25, 0.3) is 11.4 Å². The maximum Gasteiger partial charge on any atom is 0.471 e. The number of benzene rings is 2. The van der Waals surface area contributed by atoms with Gasteiger partial charge in [-0.1, -0.05) is 11.2 Å². The van der Waals surface area contributed by atoms with Crippen LogP contribution in [0.4, 0.5) is 17.6 Å². The van der Waals surface area contributed by atoms with Crippen LogP contribution in [0.2, 0.25) is 0 Å². The molecule has 0 N–H and O–H groups in total. The van der Waals surface area contributed by atoms with Crippen molar-refractivity contribution in [2.24, 2.45) is 0 Å². The van der Waals surface area contributed by atoms with Gasteiger partial charge >= 0.3 is 12.1 Å². The first-order valence-corrected chi connectivity index (χ1v) is 6.28. The highest BCUT2D eigenvalue weighted by atomic mass is 19.4. The molecule has 8 heteroatoms. The topological polar surface area (TPSA) is 48.2 Å². The fourth-order valence-electron chi connectivity index (χ4n) is 1.73. The number of alkyl halides is 3. The summed E-state index contributed by atoms with van der Waals surface area (Å²) in [6.45, 7) is 0. The molecule has 0 aliphatic rings. The quantitative estimate of drug-likeness (QED) is 0.667. The molecule has 23 heavy (non-hydrogen) atoms. The van der Waals surface area contributed by atoms with E-state index in [1.807, 2.05) is 0 Å². The molecule has 1 aromatic heterocycles. The first-order chi connectivity index (χ1) is 10.9. The van der Waals surface area contributed by atoms with Gasteiger partial charge in [0.25, 0.3) is 0 Å². The second-order valence-corrected chi connectivity index (χ2v) is 4.42. The lowest BCUT2D eigenvalue weighted by Gasteiger charge is -2.05. The van der Waals surface area contributed by atoms with E-state index in [1.54, 1.807) is 0 Å². The Hall–Kier alpha value is -2.90. The van der Waals surface area contributed by atoms with Crippen LogP contribution in [0, 0.1) is 11.9 Å². The van der Waals surface area contributed by atoms with Crippen molar-refractivity contribution in [2.45, 2.75) is 6.18 Å². The van der Waals surface area contributed by atoms with E-state index in [0.29, 0.717) is 5.75 Å². The van der Waals surface area contributed by atoms with E-state index in [-0.39, 0.29) is 17.1 Å². The van der Waals surface area contributed by atoms with Crippen molar-refractivity contribution in [1.29, 1.82) is 0 Å². The lowest BCUT2D eigenvalue weighted by Crippen LogP contribution is -2.04. The van der Waals surface area contributed by atoms with Crippen LogP contribution >= 0.6 is 0 Å². The van der Waals surface area contributed by atoms with Crippen LogP contribution in [-0.4, -0.2) is 10.1 Å². The Bertz CT molecular complexity index is 813. The highest BCUT2D eigenvalue weighted by molar-refractivity contribution is 5.57. The summed E-state index contributed by atoms with van der Waals surface area (Å²) in [7, 11) is 0. The maximum absolute atomic E-state index is 12.8. The highest BCUT2D eigenvalue weighted by Crippen LogP contribution is 2.30. The zero-order valence-electron chi connectivity index (χ0n) is 11.3. The molecule has 4 nitrogen and oxygen atoms in total. The number of hydrogen-bond acceptors (Lipinski definition) is 4. The van der Waals surface area contributed by atoms with Crippen LogP contribution in [0.3, 0.4) is 0 Å². The van der Waals surface area contributed by atoms with Crippen molar-refractivity contribution in [1.82, 2.24) is 10.1 Å². The number of halogens is 4. The lowest BCUT2D eigenvalue weighted by atomic mass is 10.2. The van der Waals surface area contributed by atoms with E-state index in [4.69, 9.17) is 4.74 Å². The van der Waals surface area contributed by atoms with Crippen molar-refractivity contribution >= 4 is 0 Å². The number of ether oxygens (including phenoxy) is 1. The monoisotopic (exact) mass is 323 g/mol. The van der Waals surface area contributed by atoms with Crippen molar-refractivity contribution < 1.29 is 26.8 Å². The first kappa shape index (κ1) is 15.0. The molecule has 0 bridgehead atoms. The molecule has 3 rings (SSSR count). The van der Waals surface area contributed by atoms with Gasteiger partial charge in [0.1, 0.15) is 17.3 Å². The molecule has 0 saturated heterocycles. The van der Waals surface area contributed by atoms with Gasteiger partial charge in [0, 0.05) is 11.6 Å². The molecule has 117 valence electrons. The normalized spacial score (nSPS) is 11.5. The summed E-state index contributed by atoms with van der Waals surface area (Å²) in [6, 6.07) is 12.3. The molecule has 1 heterocycles. The van der Waals surface area contributed by atoms with Gasteiger partial charge in [-0.2, -0.15) is 18.2 Å². The van der Waals surface area contributed by atoms with E-state index < -0.39 is 17.9 Å². The third kappa shape index (κ3) is 3.47. The van der Waals surface area contributed by atoms with E-state index in [1.165, 1.54) is 42.5 Å². The van der Waals surface area contributed by atoms with E-state index in [2.05, 4.69) is 20.7 Å². The molecule has 0 aliphatic carbocycles. The maximum atomic E-state index is 12.8. The van der Waals surface area contributed by atoms with Crippen LogP contribution in [0.5, 0.6) is 11.5 Å². The molecular formula is C15H7F4N2O2. The Kier molecular flexibility index (Phi) is 3.73. The minimum absolute atomic E-state index is 0.215. The third-order valence-electron chi connectivity index (χ3n) is 2.74. The van der Waals surface area contributed by atoms with Gasteiger partial charge in [0.15, 0.2) is 0 Å². The van der Waals surface area contributed by atoms with Gasteiger partial charge in [-0.15, -0.1) is 0 Å². The summed E-state index contributed by atoms with van der Waals surface area (Å²) in [6.07, 6.45) is -4.71. The van der Waals surface area contributed by atoms with Gasteiger partial charge in [0.05, 0.1) is 0 Å². The Morgan fingerprint density at radius 1 is 1.09 bits per heavy atom. The zero-order chi connectivity index (χ0) is 16.4. The van der Waals surface area contributed by atoms with Crippen molar-refractivity contribution in [2.75, 3.05) is 0 Å². The molecule has 1 radical (unpaired) electrons. The fourth-order valence-corrected chi connectivity index (χ4v) is 1.73. The second kappa shape index (κ2) is 5.71. The van der Waals surface area contributed by atoms with Crippen LogP contribution in [0.15, 0.2) is 47.0 Å². The zero-order valence-corrected chi connectivity index (χ0v) is 11.3. The van der Waals surface area contributed by atoms with Gasteiger partial charge < -0.3 is 9.26 Å². The Labute approximate surface area is 127 Å². The molecule has 0 amide bonds. The molecule has 0 atom stereocenters. The van der Waals surface area contributed by atoms with E-state index >= 15 is 0 Å². The largest absolute Gasteiger partial charge is 0.471 e. The lowest BCUT2D eigenvalue weighted by molar-refractivity contribution is -0.159. The van der Waals surface area contributed by atoms with Gasteiger partial charge in [-0.3, -0.25) is 0 Å². The second-order valence-electron chi connectivity index (χ2n) is 4.42. The first-order valence-electron chi connectivity index (χ1n) is 6.28. The van der Waals surface area contributed by atoms with Gasteiger partial charge in [0.2, 0.25) is 5.82 Å². The minimum Gasteiger partial charge on any atom is -0.457 e. The Balaban J connectivity index is 1.85. The average molecular weight is 323 g/mol. The SMILES string of the molecule is Fc1ccc(Oc2[c]ccc(-c3noc(C(F)(F)F)n3)c2)cc1. The molecular weight excluding hydrogens is 316 g/mol. The highest BCUT2D eigenvalue weighted by Gasteiger charge is 2.38. The number of rotatable bonds is 3. The molecule has 0 fully saturated rings. The van der Waals surface area contributed by atoms with Gasteiger partial charge in [-0.05, 0) is 36.4 Å². The van der Waals surface area contributed by atoms with E-state index in [0.717, 1.165) is 0 Å². The molecule has 0 saturated carbocycles. The Morgan fingerprint density at radius 3 is 2.48 bits per heavy atom. The molecule has 3 aromatic rings. The molecule has 0 unspecified atom stereocenters.